The van der Waals surface area contributed by atoms with E-state index in [1.807, 2.05) is 48.0 Å². The van der Waals surface area contributed by atoms with Crippen molar-refractivity contribution < 1.29 is 13.9 Å². The highest BCUT2D eigenvalue weighted by molar-refractivity contribution is 7.99. The number of furan rings is 1. The molecule has 8 nitrogen and oxygen atoms in total. The number of benzene rings is 1. The molecule has 3 aromatic rings. The molecule has 166 valence electrons. The third kappa shape index (κ3) is 5.68. The van der Waals surface area contributed by atoms with Crippen LogP contribution in [-0.2, 0) is 11.8 Å². The Morgan fingerprint density at radius 3 is 2.58 bits per heavy atom. The van der Waals surface area contributed by atoms with Crippen LogP contribution in [-0.4, -0.2) is 58.1 Å². The van der Waals surface area contributed by atoms with E-state index in [0.29, 0.717) is 11.7 Å². The lowest BCUT2D eigenvalue weighted by Gasteiger charge is -2.28. The number of nitrogens with one attached hydrogen (secondary N) is 1. The minimum atomic E-state index is -0.0530. The number of methoxy groups -OCH3 is 1. The third-order valence-electron chi connectivity index (χ3n) is 5.13. The standard InChI is InChI=1S/C22H29N5O3S/c1-5-27(6-2)18(19-8-7-13-30-19)14-23-20(28)15-31-22-25-24-21(26(22)3)16-9-11-17(29-4)12-10-16/h7-13,18H,5-6,14-15H2,1-4H3,(H,23,28). The van der Waals surface area contributed by atoms with Crippen molar-refractivity contribution in [2.45, 2.75) is 25.0 Å². The lowest BCUT2D eigenvalue weighted by atomic mass is 10.2. The number of carbonyl (C=O) groups excluding carboxylic acids is 1. The first kappa shape index (κ1) is 22.9. The van der Waals surface area contributed by atoms with Crippen LogP contribution in [0, 0.1) is 0 Å². The first-order valence-corrected chi connectivity index (χ1v) is 11.3. The molecule has 1 N–H and O–H groups in total. The third-order valence-corrected chi connectivity index (χ3v) is 6.15. The van der Waals surface area contributed by atoms with Crippen molar-refractivity contribution in [3.8, 4) is 17.1 Å². The summed E-state index contributed by atoms with van der Waals surface area (Å²) in [4.78, 5) is 14.8. The van der Waals surface area contributed by atoms with Gasteiger partial charge in [0.05, 0.1) is 25.2 Å². The summed E-state index contributed by atoms with van der Waals surface area (Å²) in [5, 5.41) is 12.2. The van der Waals surface area contributed by atoms with Gasteiger partial charge in [0.2, 0.25) is 5.91 Å². The molecule has 1 amide bonds. The van der Waals surface area contributed by atoms with Crippen molar-refractivity contribution in [3.63, 3.8) is 0 Å². The maximum atomic E-state index is 12.5. The number of hydrogen-bond acceptors (Lipinski definition) is 7. The molecule has 0 aliphatic rings. The van der Waals surface area contributed by atoms with Crippen molar-refractivity contribution in [1.82, 2.24) is 25.0 Å². The smallest absolute Gasteiger partial charge is 0.230 e. The number of ether oxygens (including phenoxy) is 1. The van der Waals surface area contributed by atoms with Crippen LogP contribution < -0.4 is 10.1 Å². The van der Waals surface area contributed by atoms with Gasteiger partial charge in [-0.15, -0.1) is 10.2 Å². The van der Waals surface area contributed by atoms with Crippen LogP contribution in [0.15, 0.2) is 52.2 Å². The quantitative estimate of drug-likeness (QED) is 0.455. The molecule has 1 unspecified atom stereocenters. The molecular weight excluding hydrogens is 414 g/mol. The van der Waals surface area contributed by atoms with E-state index in [4.69, 9.17) is 9.15 Å². The van der Waals surface area contributed by atoms with Gasteiger partial charge in [0.25, 0.3) is 0 Å². The van der Waals surface area contributed by atoms with Crippen LogP contribution in [0.2, 0.25) is 0 Å². The normalized spacial score (nSPS) is 12.2. The zero-order valence-electron chi connectivity index (χ0n) is 18.4. The van der Waals surface area contributed by atoms with Gasteiger partial charge in [0, 0.05) is 19.2 Å². The lowest BCUT2D eigenvalue weighted by Crippen LogP contribution is -2.38. The maximum Gasteiger partial charge on any atom is 0.230 e. The Labute approximate surface area is 187 Å². The SMILES string of the molecule is CCN(CC)C(CNC(=O)CSc1nnc(-c2ccc(OC)cc2)n1C)c1ccco1. The van der Waals surface area contributed by atoms with E-state index in [-0.39, 0.29) is 17.7 Å². The highest BCUT2D eigenvalue weighted by atomic mass is 32.2. The summed E-state index contributed by atoms with van der Waals surface area (Å²) in [5.41, 5.74) is 0.938. The number of rotatable bonds is 11. The zero-order valence-corrected chi connectivity index (χ0v) is 19.2. The molecule has 2 heterocycles. The number of likely N-dealkylation sites (N-methyl/N-ethyl adjacent to an activating group) is 1. The second-order valence-corrected chi connectivity index (χ2v) is 7.88. The second kappa shape index (κ2) is 11.0. The fourth-order valence-electron chi connectivity index (χ4n) is 3.38. The molecule has 0 aliphatic carbocycles. The minimum absolute atomic E-state index is 0.00968. The Morgan fingerprint density at radius 1 is 1.23 bits per heavy atom. The molecule has 2 aromatic heterocycles. The molecular formula is C22H29N5O3S. The van der Waals surface area contributed by atoms with Crippen molar-refractivity contribution in [2.24, 2.45) is 7.05 Å². The summed E-state index contributed by atoms with van der Waals surface area (Å²) in [6.07, 6.45) is 1.66. The van der Waals surface area contributed by atoms with E-state index in [9.17, 15) is 4.79 Å². The van der Waals surface area contributed by atoms with Crippen LogP contribution in [0.4, 0.5) is 0 Å². The fourth-order valence-corrected chi connectivity index (χ4v) is 4.12. The predicted octanol–water partition coefficient (Wildman–Crippen LogP) is 3.38. The van der Waals surface area contributed by atoms with Gasteiger partial charge in [0.15, 0.2) is 11.0 Å². The van der Waals surface area contributed by atoms with Crippen molar-refractivity contribution in [1.29, 1.82) is 0 Å². The highest BCUT2D eigenvalue weighted by Gasteiger charge is 2.21. The van der Waals surface area contributed by atoms with E-state index < -0.39 is 0 Å². The molecule has 0 radical (unpaired) electrons. The van der Waals surface area contributed by atoms with Crippen LogP contribution in [0.3, 0.4) is 0 Å². The van der Waals surface area contributed by atoms with E-state index in [1.54, 1.807) is 13.4 Å². The molecule has 1 aromatic carbocycles. The number of carbonyl (C=O) groups is 1. The Morgan fingerprint density at radius 2 is 1.97 bits per heavy atom. The molecule has 0 fully saturated rings. The van der Waals surface area contributed by atoms with E-state index in [2.05, 4.69) is 34.3 Å². The molecule has 0 spiro atoms. The summed E-state index contributed by atoms with van der Waals surface area (Å²) < 4.78 is 12.7. The maximum absolute atomic E-state index is 12.5. The molecule has 1 atom stereocenters. The number of amides is 1. The Balaban J connectivity index is 1.57. The Kier molecular flexibility index (Phi) is 8.13. The topological polar surface area (TPSA) is 85.4 Å². The first-order chi connectivity index (χ1) is 15.1. The molecule has 0 bridgehead atoms. The molecule has 9 heteroatoms. The van der Waals surface area contributed by atoms with Crippen LogP contribution in [0.1, 0.15) is 25.6 Å². The van der Waals surface area contributed by atoms with Gasteiger partial charge in [-0.1, -0.05) is 25.6 Å². The van der Waals surface area contributed by atoms with Crippen LogP contribution in [0.5, 0.6) is 5.75 Å². The van der Waals surface area contributed by atoms with Gasteiger partial charge in [-0.05, 0) is 49.5 Å². The number of aromatic nitrogens is 3. The van der Waals surface area contributed by atoms with Gasteiger partial charge in [-0.25, -0.2) is 0 Å². The summed E-state index contributed by atoms with van der Waals surface area (Å²) >= 11 is 1.36. The molecule has 0 aliphatic heterocycles. The largest absolute Gasteiger partial charge is 0.497 e. The summed E-state index contributed by atoms with van der Waals surface area (Å²) in [5.74, 6) is 2.59. The minimum Gasteiger partial charge on any atom is -0.497 e. The Hall–Kier alpha value is -2.78. The van der Waals surface area contributed by atoms with Gasteiger partial charge in [-0.3, -0.25) is 9.69 Å². The van der Waals surface area contributed by atoms with Gasteiger partial charge in [-0.2, -0.15) is 0 Å². The first-order valence-electron chi connectivity index (χ1n) is 10.3. The predicted molar refractivity (Wildman–Crippen MR) is 121 cm³/mol. The monoisotopic (exact) mass is 443 g/mol. The molecule has 3 rings (SSSR count). The van der Waals surface area contributed by atoms with Crippen molar-refractivity contribution >= 4 is 17.7 Å². The molecule has 0 saturated carbocycles. The number of nitrogens with zero attached hydrogens (tertiary/aromatic N) is 4. The van der Waals surface area contributed by atoms with Crippen LogP contribution in [0.25, 0.3) is 11.4 Å². The van der Waals surface area contributed by atoms with Crippen molar-refractivity contribution in [2.75, 3.05) is 32.5 Å². The van der Waals surface area contributed by atoms with Crippen molar-refractivity contribution in [3.05, 3.63) is 48.4 Å². The molecule has 0 saturated heterocycles. The summed E-state index contributed by atoms with van der Waals surface area (Å²) in [6.45, 7) is 6.45. The second-order valence-electron chi connectivity index (χ2n) is 6.94. The average molecular weight is 444 g/mol. The number of hydrogen-bond donors (Lipinski definition) is 1. The lowest BCUT2D eigenvalue weighted by molar-refractivity contribution is -0.118. The summed E-state index contributed by atoms with van der Waals surface area (Å²) in [6, 6.07) is 11.5. The highest BCUT2D eigenvalue weighted by Crippen LogP contribution is 2.24. The van der Waals surface area contributed by atoms with Gasteiger partial charge < -0.3 is 19.0 Å². The fraction of sp³-hybridized carbons (Fsp3) is 0.409. The van der Waals surface area contributed by atoms with E-state index in [0.717, 1.165) is 36.0 Å². The van der Waals surface area contributed by atoms with E-state index in [1.165, 1.54) is 11.8 Å². The van der Waals surface area contributed by atoms with Crippen LogP contribution >= 0.6 is 11.8 Å². The zero-order chi connectivity index (χ0) is 22.2. The van der Waals surface area contributed by atoms with Gasteiger partial charge in [0.1, 0.15) is 11.5 Å². The number of thioether (sulfide) groups is 1. The summed E-state index contributed by atoms with van der Waals surface area (Å²) in [7, 11) is 3.53. The Bertz CT molecular complexity index is 952. The van der Waals surface area contributed by atoms with E-state index >= 15 is 0 Å². The molecule has 31 heavy (non-hydrogen) atoms. The average Bonchev–Trinajstić information content (AvgIpc) is 3.45. The van der Waals surface area contributed by atoms with Gasteiger partial charge >= 0.3 is 0 Å².